The molecule has 1 heterocycles. The maximum absolute atomic E-state index is 6.80. The molecule has 1 saturated heterocycles. The number of ether oxygens (including phenoxy) is 1. The van der Waals surface area contributed by atoms with Crippen LogP contribution < -0.4 is 0 Å². The fourth-order valence-electron chi connectivity index (χ4n) is 8.51. The van der Waals surface area contributed by atoms with Crippen molar-refractivity contribution in [3.63, 3.8) is 0 Å². The normalized spacial score (nSPS) is 23.0. The van der Waals surface area contributed by atoms with Crippen LogP contribution in [0, 0.1) is 17.8 Å². The summed E-state index contributed by atoms with van der Waals surface area (Å²) in [5.41, 5.74) is 6.49. The SMILES string of the molecule is C1=CC2=CC=CC3C2C(=C1)OC1C=C(c2c4ccccc4c(-c4c5ccccc5cc5ccccc45)c4ccccc24)C=CC13. The molecule has 3 aliphatic carbocycles. The summed E-state index contributed by atoms with van der Waals surface area (Å²) in [6.07, 6.45) is 20.6. The molecule has 1 aliphatic heterocycles. The number of benzene rings is 6. The highest BCUT2D eigenvalue weighted by molar-refractivity contribution is 6.26. The zero-order valence-electron chi connectivity index (χ0n) is 24.7. The van der Waals surface area contributed by atoms with Gasteiger partial charge >= 0.3 is 0 Å². The molecule has 4 aliphatic rings. The molecule has 0 aromatic heterocycles. The van der Waals surface area contributed by atoms with Gasteiger partial charge < -0.3 is 4.74 Å². The van der Waals surface area contributed by atoms with Crippen LogP contribution in [-0.2, 0) is 4.74 Å². The third kappa shape index (κ3) is 3.61. The summed E-state index contributed by atoms with van der Waals surface area (Å²) >= 11 is 0. The Kier molecular flexibility index (Phi) is 5.30. The van der Waals surface area contributed by atoms with Gasteiger partial charge in [-0.05, 0) is 89.1 Å². The monoisotopic (exact) mass is 574 g/mol. The zero-order chi connectivity index (χ0) is 29.5. The quantitative estimate of drug-likeness (QED) is 0.187. The minimum atomic E-state index is -0.00721. The molecule has 1 fully saturated rings. The van der Waals surface area contributed by atoms with E-state index in [4.69, 9.17) is 4.74 Å². The average molecular weight is 575 g/mol. The third-order valence-corrected chi connectivity index (χ3v) is 10.4. The van der Waals surface area contributed by atoms with Crippen LogP contribution in [0.1, 0.15) is 5.56 Å². The van der Waals surface area contributed by atoms with Crippen molar-refractivity contribution in [3.8, 4) is 11.1 Å². The zero-order valence-corrected chi connectivity index (χ0v) is 24.7. The summed E-state index contributed by atoms with van der Waals surface area (Å²) in [5.74, 6) is 2.13. The van der Waals surface area contributed by atoms with Crippen LogP contribution >= 0.6 is 0 Å². The van der Waals surface area contributed by atoms with Gasteiger partial charge in [0.25, 0.3) is 0 Å². The van der Waals surface area contributed by atoms with Crippen LogP contribution in [0.4, 0.5) is 0 Å². The van der Waals surface area contributed by atoms with Gasteiger partial charge in [-0.2, -0.15) is 0 Å². The van der Waals surface area contributed by atoms with Crippen LogP contribution in [0.3, 0.4) is 0 Å². The lowest BCUT2D eigenvalue weighted by Crippen LogP contribution is -2.41. The van der Waals surface area contributed by atoms with Crippen molar-refractivity contribution in [2.45, 2.75) is 6.10 Å². The second kappa shape index (κ2) is 9.55. The van der Waals surface area contributed by atoms with Crippen LogP contribution in [0.15, 0.2) is 169 Å². The minimum Gasteiger partial charge on any atom is -0.489 e. The molecule has 0 radical (unpaired) electrons. The lowest BCUT2D eigenvalue weighted by Gasteiger charge is -2.45. The predicted molar refractivity (Wildman–Crippen MR) is 189 cm³/mol. The standard InChI is InChI=1S/C44H30O/c1-3-15-31-28(11-1)25-29-12-2-4-16-32(29)43(31)44-37-19-7-5-17-35(37)41(36-18-6-8-20-38(36)44)30-23-24-33-34-21-9-13-27-14-10-22-39(42(27)34)45-40(33)26-30/h1-26,33-34,40,42H. The van der Waals surface area contributed by atoms with E-state index in [0.717, 1.165) is 5.76 Å². The van der Waals surface area contributed by atoms with Crippen LogP contribution in [0.5, 0.6) is 0 Å². The molecule has 6 aromatic rings. The van der Waals surface area contributed by atoms with E-state index >= 15 is 0 Å². The number of allylic oxidation sites excluding steroid dienone is 9. The molecule has 212 valence electrons. The molecule has 0 N–H and O–H groups in total. The van der Waals surface area contributed by atoms with Gasteiger partial charge in [-0.1, -0.05) is 140 Å². The van der Waals surface area contributed by atoms with Gasteiger partial charge in [0, 0.05) is 17.8 Å². The molecule has 4 atom stereocenters. The number of hydrogen-bond donors (Lipinski definition) is 0. The van der Waals surface area contributed by atoms with E-state index < -0.39 is 0 Å². The topological polar surface area (TPSA) is 9.23 Å². The molecule has 6 aromatic carbocycles. The van der Waals surface area contributed by atoms with Crippen LogP contribution in [0.25, 0.3) is 59.8 Å². The van der Waals surface area contributed by atoms with Gasteiger partial charge in [0.2, 0.25) is 0 Å². The second-order valence-corrected chi connectivity index (χ2v) is 12.7. The van der Waals surface area contributed by atoms with Crippen molar-refractivity contribution >= 4 is 48.7 Å². The van der Waals surface area contributed by atoms with E-state index in [-0.39, 0.29) is 6.10 Å². The van der Waals surface area contributed by atoms with Gasteiger partial charge in [0.05, 0.1) is 0 Å². The minimum absolute atomic E-state index is 0.00721. The van der Waals surface area contributed by atoms with E-state index in [1.54, 1.807) is 0 Å². The van der Waals surface area contributed by atoms with E-state index in [2.05, 4.69) is 158 Å². The van der Waals surface area contributed by atoms with E-state index in [1.165, 1.54) is 70.9 Å². The van der Waals surface area contributed by atoms with Gasteiger partial charge in [0.15, 0.2) is 0 Å². The maximum Gasteiger partial charge on any atom is 0.124 e. The van der Waals surface area contributed by atoms with Crippen molar-refractivity contribution in [1.29, 1.82) is 0 Å². The van der Waals surface area contributed by atoms with Crippen molar-refractivity contribution in [1.82, 2.24) is 0 Å². The molecule has 0 saturated carbocycles. The highest BCUT2D eigenvalue weighted by atomic mass is 16.5. The lowest BCUT2D eigenvalue weighted by molar-refractivity contribution is 0.0290. The molecule has 0 amide bonds. The van der Waals surface area contributed by atoms with Gasteiger partial charge in [-0.15, -0.1) is 0 Å². The molecule has 0 spiro atoms. The summed E-state index contributed by atoms with van der Waals surface area (Å²) in [6, 6.07) is 38.0. The Bertz CT molecular complexity index is 2320. The first-order valence-corrected chi connectivity index (χ1v) is 16.0. The Hall–Kier alpha value is -5.40. The molecule has 0 bridgehead atoms. The molecular formula is C44H30O. The fourth-order valence-corrected chi connectivity index (χ4v) is 8.51. The number of rotatable bonds is 2. The molecule has 1 nitrogen and oxygen atoms in total. The Morgan fingerprint density at radius 2 is 1.07 bits per heavy atom. The first-order chi connectivity index (χ1) is 22.3. The van der Waals surface area contributed by atoms with E-state index in [1.807, 2.05) is 0 Å². The van der Waals surface area contributed by atoms with Crippen molar-refractivity contribution in [2.24, 2.45) is 17.8 Å². The van der Waals surface area contributed by atoms with E-state index in [9.17, 15) is 0 Å². The fraction of sp³-hybridized carbons (Fsp3) is 0.0909. The van der Waals surface area contributed by atoms with E-state index in [0.29, 0.717) is 17.8 Å². The van der Waals surface area contributed by atoms with Gasteiger partial charge in [-0.25, -0.2) is 0 Å². The largest absolute Gasteiger partial charge is 0.489 e. The molecular weight excluding hydrogens is 544 g/mol. The Morgan fingerprint density at radius 1 is 0.489 bits per heavy atom. The Labute approximate surface area is 262 Å². The molecule has 4 unspecified atom stereocenters. The highest BCUT2D eigenvalue weighted by Crippen LogP contribution is 2.51. The van der Waals surface area contributed by atoms with Crippen molar-refractivity contribution in [2.75, 3.05) is 0 Å². The van der Waals surface area contributed by atoms with Crippen molar-refractivity contribution in [3.05, 3.63) is 175 Å². The van der Waals surface area contributed by atoms with Crippen molar-refractivity contribution < 1.29 is 4.74 Å². The lowest BCUT2D eigenvalue weighted by atomic mass is 9.67. The van der Waals surface area contributed by atoms with Gasteiger partial charge in [0.1, 0.15) is 11.9 Å². The summed E-state index contributed by atoms with van der Waals surface area (Å²) in [5, 5.41) is 10.2. The second-order valence-electron chi connectivity index (χ2n) is 12.7. The first kappa shape index (κ1) is 25.0. The summed E-state index contributed by atoms with van der Waals surface area (Å²) in [4.78, 5) is 0. The average Bonchev–Trinajstić information content (AvgIpc) is 3.10. The summed E-state index contributed by atoms with van der Waals surface area (Å²) < 4.78 is 6.80. The van der Waals surface area contributed by atoms with Crippen LogP contribution in [-0.4, -0.2) is 6.10 Å². The highest BCUT2D eigenvalue weighted by Gasteiger charge is 2.44. The predicted octanol–water partition coefficient (Wildman–Crippen LogP) is 11.1. The summed E-state index contributed by atoms with van der Waals surface area (Å²) in [6.45, 7) is 0. The van der Waals surface area contributed by atoms with Gasteiger partial charge in [-0.3, -0.25) is 0 Å². The number of hydrogen-bond acceptors (Lipinski definition) is 1. The molecule has 10 rings (SSSR count). The van der Waals surface area contributed by atoms with Crippen LogP contribution in [0.2, 0.25) is 0 Å². The molecule has 45 heavy (non-hydrogen) atoms. The maximum atomic E-state index is 6.80. The smallest absolute Gasteiger partial charge is 0.124 e. The summed E-state index contributed by atoms with van der Waals surface area (Å²) in [7, 11) is 0. The first-order valence-electron chi connectivity index (χ1n) is 16.0. The third-order valence-electron chi connectivity index (χ3n) is 10.4. The number of fused-ring (bicyclic) bond motifs is 6. The Morgan fingerprint density at radius 3 is 1.73 bits per heavy atom. The Balaban J connectivity index is 1.24. The molecule has 1 heteroatoms.